The number of carbonyl (C=O) groups is 3. The van der Waals surface area contributed by atoms with Crippen molar-refractivity contribution in [3.05, 3.63) is 56.1 Å². The normalized spacial score (nSPS) is 11.4. The first-order chi connectivity index (χ1) is 17.6. The van der Waals surface area contributed by atoms with Crippen molar-refractivity contribution >= 4 is 46.3 Å². The molecular formula is C21H22N8O8. The molecule has 0 saturated heterocycles. The minimum absolute atomic E-state index is 0.0288. The smallest absolute Gasteiger partial charge is 0.328 e. The number of H-pyrrole nitrogens is 1. The highest BCUT2D eigenvalue weighted by Crippen LogP contribution is 2.24. The third kappa shape index (κ3) is 6.50. The second kappa shape index (κ2) is 11.5. The SMILES string of the molecule is COC(=O)CC[C@H](NC(=O)c1ccc(NCc2cnc3nc(N)[nH]c(=O)c3n2)cc1[N+](=O)[O-])C(=O)OC. The summed E-state index contributed by atoms with van der Waals surface area (Å²) >= 11 is 0. The van der Waals surface area contributed by atoms with Gasteiger partial charge in [-0.05, 0) is 18.6 Å². The highest BCUT2D eigenvalue weighted by atomic mass is 16.6. The predicted molar refractivity (Wildman–Crippen MR) is 127 cm³/mol. The number of fused-ring (bicyclic) bond motifs is 1. The Morgan fingerprint density at radius 2 is 1.97 bits per heavy atom. The number of nitro groups is 1. The molecule has 3 aromatic rings. The number of nitro benzene ring substituents is 1. The summed E-state index contributed by atoms with van der Waals surface area (Å²) in [6, 6.07) is 2.51. The quantitative estimate of drug-likeness (QED) is 0.159. The van der Waals surface area contributed by atoms with Crippen LogP contribution in [0.15, 0.2) is 29.2 Å². The van der Waals surface area contributed by atoms with Crippen LogP contribution >= 0.6 is 0 Å². The zero-order chi connectivity index (χ0) is 27.1. The lowest BCUT2D eigenvalue weighted by Gasteiger charge is -2.16. The minimum Gasteiger partial charge on any atom is -0.469 e. The summed E-state index contributed by atoms with van der Waals surface area (Å²) in [6.07, 6.45) is 1.05. The Balaban J connectivity index is 1.77. The van der Waals surface area contributed by atoms with E-state index in [1.807, 2.05) is 0 Å². The molecule has 0 fully saturated rings. The monoisotopic (exact) mass is 514 g/mol. The number of nitrogens with two attached hydrogens (primary N) is 1. The van der Waals surface area contributed by atoms with Crippen LogP contribution in [0.5, 0.6) is 0 Å². The zero-order valence-corrected chi connectivity index (χ0v) is 19.6. The lowest BCUT2D eigenvalue weighted by Crippen LogP contribution is -2.42. The van der Waals surface area contributed by atoms with Crippen LogP contribution < -0.4 is 21.9 Å². The first-order valence-electron chi connectivity index (χ1n) is 10.6. The van der Waals surface area contributed by atoms with Gasteiger partial charge in [-0.1, -0.05) is 0 Å². The predicted octanol–water partition coefficient (Wildman–Crippen LogP) is 0.0402. The van der Waals surface area contributed by atoms with Gasteiger partial charge in [-0.3, -0.25) is 29.5 Å². The Morgan fingerprint density at radius 1 is 1.22 bits per heavy atom. The number of esters is 2. The van der Waals surface area contributed by atoms with Crippen molar-refractivity contribution in [2.75, 3.05) is 25.3 Å². The Kier molecular flexibility index (Phi) is 8.24. The topological polar surface area (TPSA) is 234 Å². The molecule has 0 aliphatic rings. The number of nitrogens with one attached hydrogen (secondary N) is 3. The Hall–Kier alpha value is -5.15. The lowest BCUT2D eigenvalue weighted by atomic mass is 10.1. The average Bonchev–Trinajstić information content (AvgIpc) is 2.88. The molecule has 1 aromatic carbocycles. The minimum atomic E-state index is -1.23. The van der Waals surface area contributed by atoms with E-state index in [1.54, 1.807) is 0 Å². The third-order valence-electron chi connectivity index (χ3n) is 5.05. The molecule has 0 aliphatic heterocycles. The fraction of sp³-hybridized carbons (Fsp3) is 0.286. The van der Waals surface area contributed by atoms with Crippen molar-refractivity contribution < 1.29 is 28.8 Å². The van der Waals surface area contributed by atoms with Gasteiger partial charge in [0, 0.05) is 18.2 Å². The number of anilines is 2. The molecule has 1 atom stereocenters. The van der Waals surface area contributed by atoms with Crippen LogP contribution in [0.25, 0.3) is 11.2 Å². The summed E-state index contributed by atoms with van der Waals surface area (Å²) in [6.45, 7) is 0.0351. The second-order valence-corrected chi connectivity index (χ2v) is 7.49. The van der Waals surface area contributed by atoms with Crippen LogP contribution in [-0.2, 0) is 25.6 Å². The van der Waals surface area contributed by atoms with E-state index in [9.17, 15) is 29.3 Å². The molecule has 0 saturated carbocycles. The van der Waals surface area contributed by atoms with Crippen molar-refractivity contribution in [2.45, 2.75) is 25.4 Å². The number of ether oxygens (including phenoxy) is 2. The van der Waals surface area contributed by atoms with Crippen LogP contribution in [0.3, 0.4) is 0 Å². The van der Waals surface area contributed by atoms with E-state index in [1.165, 1.54) is 25.4 Å². The summed E-state index contributed by atoms with van der Waals surface area (Å²) in [7, 11) is 2.28. The van der Waals surface area contributed by atoms with Gasteiger partial charge in [0.05, 0.1) is 37.6 Å². The van der Waals surface area contributed by atoms with Gasteiger partial charge in [-0.2, -0.15) is 4.98 Å². The van der Waals surface area contributed by atoms with E-state index in [0.29, 0.717) is 5.69 Å². The van der Waals surface area contributed by atoms with Crippen LogP contribution in [-0.4, -0.2) is 63.0 Å². The Morgan fingerprint density at radius 3 is 2.65 bits per heavy atom. The first-order valence-corrected chi connectivity index (χ1v) is 10.6. The number of nitrogen functional groups attached to an aromatic ring is 1. The number of aromatic amines is 1. The Bertz CT molecular complexity index is 1420. The van der Waals surface area contributed by atoms with E-state index >= 15 is 0 Å². The van der Waals surface area contributed by atoms with E-state index in [4.69, 9.17) is 5.73 Å². The number of carbonyl (C=O) groups excluding carboxylic acids is 3. The molecular weight excluding hydrogens is 492 g/mol. The van der Waals surface area contributed by atoms with Crippen LogP contribution in [0, 0.1) is 10.1 Å². The van der Waals surface area contributed by atoms with Crippen molar-refractivity contribution in [3.63, 3.8) is 0 Å². The molecule has 0 bridgehead atoms. The first kappa shape index (κ1) is 26.5. The summed E-state index contributed by atoms with van der Waals surface area (Å²) in [5.74, 6) is -2.45. The number of benzene rings is 1. The maximum Gasteiger partial charge on any atom is 0.328 e. The molecule has 0 unspecified atom stereocenters. The van der Waals surface area contributed by atoms with Crippen LogP contribution in [0.4, 0.5) is 17.3 Å². The van der Waals surface area contributed by atoms with Crippen molar-refractivity contribution in [3.8, 4) is 0 Å². The van der Waals surface area contributed by atoms with Gasteiger partial charge in [0.25, 0.3) is 17.2 Å². The van der Waals surface area contributed by atoms with E-state index in [2.05, 4.69) is 40.0 Å². The summed E-state index contributed by atoms with van der Waals surface area (Å²) < 4.78 is 9.15. The third-order valence-corrected chi connectivity index (χ3v) is 5.05. The van der Waals surface area contributed by atoms with Crippen LogP contribution in [0.1, 0.15) is 28.9 Å². The molecule has 1 amide bonds. The van der Waals surface area contributed by atoms with E-state index < -0.39 is 40.1 Å². The number of rotatable bonds is 10. The average molecular weight is 514 g/mol. The zero-order valence-electron chi connectivity index (χ0n) is 19.6. The van der Waals surface area contributed by atoms with Crippen molar-refractivity contribution in [2.24, 2.45) is 0 Å². The van der Waals surface area contributed by atoms with Gasteiger partial charge in [-0.15, -0.1) is 0 Å². The van der Waals surface area contributed by atoms with Gasteiger partial charge >= 0.3 is 11.9 Å². The highest BCUT2D eigenvalue weighted by Gasteiger charge is 2.27. The summed E-state index contributed by atoms with van der Waals surface area (Å²) in [5.41, 5.74) is 4.69. The maximum atomic E-state index is 12.8. The largest absolute Gasteiger partial charge is 0.469 e. The number of hydrogen-bond donors (Lipinski definition) is 4. The van der Waals surface area contributed by atoms with Gasteiger partial charge in [0.15, 0.2) is 11.2 Å². The van der Waals surface area contributed by atoms with Gasteiger partial charge in [0.1, 0.15) is 11.6 Å². The fourth-order valence-electron chi connectivity index (χ4n) is 3.22. The molecule has 37 heavy (non-hydrogen) atoms. The highest BCUT2D eigenvalue weighted by molar-refractivity contribution is 6.00. The second-order valence-electron chi connectivity index (χ2n) is 7.49. The molecule has 16 nitrogen and oxygen atoms in total. The molecule has 0 aliphatic carbocycles. The molecule has 2 aromatic heterocycles. The number of nitrogens with zero attached hydrogens (tertiary/aromatic N) is 4. The maximum absolute atomic E-state index is 12.8. The van der Waals surface area contributed by atoms with E-state index in [-0.39, 0.29) is 47.7 Å². The van der Waals surface area contributed by atoms with Gasteiger partial charge in [0.2, 0.25) is 5.95 Å². The number of hydrogen-bond acceptors (Lipinski definition) is 13. The number of aromatic nitrogens is 4. The fourth-order valence-corrected chi connectivity index (χ4v) is 3.22. The summed E-state index contributed by atoms with van der Waals surface area (Å²) in [4.78, 5) is 73.5. The van der Waals surface area contributed by atoms with Crippen molar-refractivity contribution in [1.82, 2.24) is 25.3 Å². The van der Waals surface area contributed by atoms with E-state index in [0.717, 1.165) is 13.2 Å². The molecule has 16 heteroatoms. The van der Waals surface area contributed by atoms with Gasteiger partial charge < -0.3 is 25.8 Å². The van der Waals surface area contributed by atoms with Crippen LogP contribution in [0.2, 0.25) is 0 Å². The standard InChI is InChI=1S/C21H22N8O8/c1-36-15(30)6-5-13(20(33)37-2)26-18(31)12-4-3-10(7-14(12)29(34)35)23-8-11-9-24-17-16(25-11)19(32)28-21(22)27-17/h3-4,7,9,13,23H,5-6,8H2,1-2H3,(H,26,31)(H3,22,24,27,28,32)/t13-/m0/s1. The molecule has 0 spiro atoms. The van der Waals surface area contributed by atoms with Crippen molar-refractivity contribution in [1.29, 1.82) is 0 Å². The molecule has 5 N–H and O–H groups in total. The lowest BCUT2D eigenvalue weighted by molar-refractivity contribution is -0.385. The van der Waals surface area contributed by atoms with Gasteiger partial charge in [-0.25, -0.2) is 14.8 Å². The molecule has 0 radical (unpaired) electrons. The Labute approximate surface area is 207 Å². The summed E-state index contributed by atoms with van der Waals surface area (Å²) in [5, 5.41) is 16.9. The molecule has 2 heterocycles. The number of methoxy groups -OCH3 is 2. The molecule has 3 rings (SSSR count). The molecule has 194 valence electrons. The number of amides is 1.